The normalized spacial score (nSPS) is 10.4. The smallest absolute Gasteiger partial charge is 0.308 e. The van der Waals surface area contributed by atoms with E-state index >= 15 is 0 Å². The Morgan fingerprint density at radius 1 is 1.05 bits per heavy atom. The maximum absolute atomic E-state index is 10.9. The third-order valence-electron chi connectivity index (χ3n) is 3.03. The van der Waals surface area contributed by atoms with E-state index in [1.54, 1.807) is 35.6 Å². The first kappa shape index (κ1) is 14.3. The van der Waals surface area contributed by atoms with Crippen LogP contribution in [-0.4, -0.2) is 16.1 Å². The summed E-state index contributed by atoms with van der Waals surface area (Å²) in [6.45, 7) is 1.37. The number of esters is 1. The number of thiazole rings is 1. The molecule has 0 amide bonds. The highest BCUT2D eigenvalue weighted by Crippen LogP contribution is 2.30. The summed E-state index contributed by atoms with van der Waals surface area (Å²) in [5.41, 5.74) is 2.78. The quantitative estimate of drug-likeness (QED) is 0.584. The summed E-state index contributed by atoms with van der Waals surface area (Å²) in [7, 11) is 0. The van der Waals surface area contributed by atoms with Gasteiger partial charge in [0.25, 0.3) is 0 Å². The first-order valence-corrected chi connectivity index (χ1v) is 7.53. The Labute approximate surface area is 131 Å². The number of hydrogen-bond acceptors (Lipinski definition) is 5. The second-order valence-electron chi connectivity index (χ2n) is 4.70. The lowest BCUT2D eigenvalue weighted by molar-refractivity contribution is -0.131. The van der Waals surface area contributed by atoms with E-state index in [4.69, 9.17) is 4.74 Å². The van der Waals surface area contributed by atoms with Crippen LogP contribution in [0.4, 0.5) is 0 Å². The molecule has 0 saturated carbocycles. The molecular weight excluding hydrogens is 298 g/mol. The van der Waals surface area contributed by atoms with Crippen molar-refractivity contribution >= 4 is 17.3 Å². The molecule has 0 spiro atoms. The van der Waals surface area contributed by atoms with Crippen LogP contribution in [0.3, 0.4) is 0 Å². The first-order valence-electron chi connectivity index (χ1n) is 6.65. The number of rotatable bonds is 3. The zero-order chi connectivity index (χ0) is 15.5. The maximum Gasteiger partial charge on any atom is 0.308 e. The van der Waals surface area contributed by atoms with E-state index in [0.717, 1.165) is 21.8 Å². The van der Waals surface area contributed by atoms with E-state index < -0.39 is 0 Å². The summed E-state index contributed by atoms with van der Waals surface area (Å²) in [5.74, 6) is 0.419. The van der Waals surface area contributed by atoms with Crippen LogP contribution < -0.4 is 4.74 Å². The lowest BCUT2D eigenvalue weighted by atomic mass is 10.1. The Balaban J connectivity index is 1.84. The van der Waals surface area contributed by atoms with E-state index in [-0.39, 0.29) is 11.7 Å². The van der Waals surface area contributed by atoms with Crippen LogP contribution in [0, 0.1) is 0 Å². The number of carbonyl (C=O) groups is 1. The molecular formula is C17H13NO3S. The van der Waals surface area contributed by atoms with Gasteiger partial charge in [-0.05, 0) is 48.5 Å². The topological polar surface area (TPSA) is 59.4 Å². The number of hydrogen-bond donors (Lipinski definition) is 1. The highest BCUT2D eigenvalue weighted by atomic mass is 32.1. The predicted molar refractivity (Wildman–Crippen MR) is 86.0 cm³/mol. The molecule has 1 heterocycles. The third-order valence-corrected chi connectivity index (χ3v) is 3.92. The van der Waals surface area contributed by atoms with Crippen molar-refractivity contribution in [3.8, 4) is 33.3 Å². The summed E-state index contributed by atoms with van der Waals surface area (Å²) < 4.78 is 5.01. The lowest BCUT2D eigenvalue weighted by Crippen LogP contribution is -2.00. The molecule has 0 fully saturated rings. The van der Waals surface area contributed by atoms with Gasteiger partial charge in [0.1, 0.15) is 16.5 Å². The van der Waals surface area contributed by atoms with Crippen LogP contribution in [0.5, 0.6) is 11.5 Å². The number of carbonyl (C=O) groups excluding carboxylic acids is 1. The van der Waals surface area contributed by atoms with Crippen molar-refractivity contribution in [1.29, 1.82) is 0 Å². The number of ether oxygens (including phenoxy) is 1. The van der Waals surface area contributed by atoms with Crippen molar-refractivity contribution in [3.63, 3.8) is 0 Å². The summed E-state index contributed by atoms with van der Waals surface area (Å²) in [5, 5.41) is 12.2. The molecule has 1 N–H and O–H groups in total. The van der Waals surface area contributed by atoms with E-state index in [1.807, 2.05) is 29.6 Å². The van der Waals surface area contributed by atoms with Gasteiger partial charge in [0.05, 0.1) is 5.69 Å². The zero-order valence-electron chi connectivity index (χ0n) is 11.8. The van der Waals surface area contributed by atoms with Crippen molar-refractivity contribution in [1.82, 2.24) is 4.98 Å². The van der Waals surface area contributed by atoms with Crippen molar-refractivity contribution in [2.45, 2.75) is 6.92 Å². The highest BCUT2D eigenvalue weighted by Gasteiger charge is 2.07. The Hall–Kier alpha value is -2.66. The minimum absolute atomic E-state index is 0.238. The summed E-state index contributed by atoms with van der Waals surface area (Å²) in [6, 6.07) is 14.2. The van der Waals surface area contributed by atoms with Gasteiger partial charge in [-0.1, -0.05) is 0 Å². The largest absolute Gasteiger partial charge is 0.508 e. The third kappa shape index (κ3) is 3.15. The van der Waals surface area contributed by atoms with Crippen LogP contribution in [-0.2, 0) is 4.79 Å². The minimum Gasteiger partial charge on any atom is -0.508 e. The lowest BCUT2D eigenvalue weighted by Gasteiger charge is -2.02. The van der Waals surface area contributed by atoms with Crippen LogP contribution >= 0.6 is 11.3 Å². The molecule has 1 aromatic heterocycles. The van der Waals surface area contributed by atoms with Gasteiger partial charge in [0.15, 0.2) is 0 Å². The van der Waals surface area contributed by atoms with Gasteiger partial charge in [-0.2, -0.15) is 0 Å². The number of phenolic OH excluding ortho intramolecular Hbond substituents is 1. The molecule has 3 rings (SSSR count). The molecule has 0 unspecified atom stereocenters. The average molecular weight is 311 g/mol. The van der Waals surface area contributed by atoms with Gasteiger partial charge < -0.3 is 9.84 Å². The molecule has 3 aromatic rings. The van der Waals surface area contributed by atoms with Gasteiger partial charge in [0, 0.05) is 23.4 Å². The Morgan fingerprint density at radius 3 is 2.32 bits per heavy atom. The van der Waals surface area contributed by atoms with Crippen LogP contribution in [0.1, 0.15) is 6.92 Å². The molecule has 0 aliphatic heterocycles. The molecule has 0 atom stereocenters. The molecule has 2 aromatic carbocycles. The molecule has 0 bridgehead atoms. The Bertz CT molecular complexity index is 792. The fraction of sp³-hybridized carbons (Fsp3) is 0.0588. The molecule has 0 aliphatic rings. The van der Waals surface area contributed by atoms with Gasteiger partial charge in [-0.3, -0.25) is 4.79 Å². The van der Waals surface area contributed by atoms with Gasteiger partial charge in [-0.15, -0.1) is 11.3 Å². The molecule has 110 valence electrons. The van der Waals surface area contributed by atoms with Gasteiger partial charge in [0.2, 0.25) is 0 Å². The van der Waals surface area contributed by atoms with Crippen LogP contribution in [0.15, 0.2) is 53.9 Å². The average Bonchev–Trinajstić information content (AvgIpc) is 2.98. The van der Waals surface area contributed by atoms with E-state index in [2.05, 4.69) is 4.98 Å². The highest BCUT2D eigenvalue weighted by molar-refractivity contribution is 7.13. The number of phenols is 1. The van der Waals surface area contributed by atoms with Crippen molar-refractivity contribution in [2.24, 2.45) is 0 Å². The number of nitrogens with zero attached hydrogens (tertiary/aromatic N) is 1. The van der Waals surface area contributed by atoms with Crippen molar-refractivity contribution in [2.75, 3.05) is 0 Å². The fourth-order valence-electron chi connectivity index (χ4n) is 2.00. The van der Waals surface area contributed by atoms with Gasteiger partial charge >= 0.3 is 5.97 Å². The SMILES string of the molecule is CC(=O)Oc1ccc(-c2csc(-c3ccc(O)cc3)n2)cc1. The molecule has 0 aliphatic carbocycles. The Kier molecular flexibility index (Phi) is 3.89. The van der Waals surface area contributed by atoms with E-state index in [9.17, 15) is 9.90 Å². The number of aromatic hydroxyl groups is 1. The van der Waals surface area contributed by atoms with E-state index in [0.29, 0.717) is 5.75 Å². The zero-order valence-corrected chi connectivity index (χ0v) is 12.6. The second-order valence-corrected chi connectivity index (χ2v) is 5.56. The second kappa shape index (κ2) is 5.99. The molecule has 0 radical (unpaired) electrons. The predicted octanol–water partition coefficient (Wildman–Crippen LogP) is 4.11. The molecule has 4 nitrogen and oxygen atoms in total. The summed E-state index contributed by atoms with van der Waals surface area (Å²) in [4.78, 5) is 15.5. The standard InChI is InChI=1S/C17H13NO3S/c1-11(19)21-15-8-4-12(5-9-15)16-10-22-17(18-16)13-2-6-14(20)7-3-13/h2-10,20H,1H3. The number of benzene rings is 2. The van der Waals surface area contributed by atoms with Crippen LogP contribution in [0.2, 0.25) is 0 Å². The molecule has 5 heteroatoms. The monoisotopic (exact) mass is 311 g/mol. The van der Waals surface area contributed by atoms with Crippen LogP contribution in [0.25, 0.3) is 21.8 Å². The Morgan fingerprint density at radius 2 is 1.68 bits per heavy atom. The first-order chi connectivity index (χ1) is 10.6. The minimum atomic E-state index is -0.337. The summed E-state index contributed by atoms with van der Waals surface area (Å²) in [6.07, 6.45) is 0. The van der Waals surface area contributed by atoms with E-state index in [1.165, 1.54) is 6.92 Å². The maximum atomic E-state index is 10.9. The molecule has 0 saturated heterocycles. The fourth-order valence-corrected chi connectivity index (χ4v) is 2.84. The van der Waals surface area contributed by atoms with Crippen molar-refractivity contribution in [3.05, 3.63) is 53.9 Å². The molecule has 22 heavy (non-hydrogen) atoms. The summed E-state index contributed by atoms with van der Waals surface area (Å²) >= 11 is 1.54. The van der Waals surface area contributed by atoms with Gasteiger partial charge in [-0.25, -0.2) is 4.98 Å². The van der Waals surface area contributed by atoms with Crippen molar-refractivity contribution < 1.29 is 14.6 Å². The number of aromatic nitrogens is 1.